The van der Waals surface area contributed by atoms with Crippen LogP contribution >= 0.6 is 0 Å². The molecule has 0 bridgehead atoms. The number of carbonyl (C=O) groups excluding carboxylic acids is 1. The highest BCUT2D eigenvalue weighted by atomic mass is 16.5. The zero-order chi connectivity index (χ0) is 21.7. The lowest BCUT2D eigenvalue weighted by molar-refractivity contribution is 0.104. The molecule has 1 aromatic heterocycles. The van der Waals surface area contributed by atoms with E-state index < -0.39 is 0 Å². The summed E-state index contributed by atoms with van der Waals surface area (Å²) in [4.78, 5) is 16.0. The topological polar surface area (TPSA) is 67.6 Å². The van der Waals surface area contributed by atoms with Crippen molar-refractivity contribution < 1.29 is 14.1 Å². The summed E-state index contributed by atoms with van der Waals surface area (Å²) in [6.45, 7) is 1.94. The van der Waals surface area contributed by atoms with Gasteiger partial charge in [-0.1, -0.05) is 35.5 Å². The molecule has 0 atom stereocenters. The molecular formula is C26H23N3O3. The van der Waals surface area contributed by atoms with Gasteiger partial charge < -0.3 is 19.5 Å². The zero-order valence-electron chi connectivity index (χ0n) is 17.9. The van der Waals surface area contributed by atoms with Crippen LogP contribution in [0, 0.1) is 0 Å². The molecule has 2 aliphatic rings. The first-order valence-corrected chi connectivity index (χ1v) is 11.0. The lowest BCUT2D eigenvalue weighted by Crippen LogP contribution is -2.29. The first kappa shape index (κ1) is 18.9. The third kappa shape index (κ3) is 2.87. The Morgan fingerprint density at radius 3 is 2.62 bits per heavy atom. The number of rotatable bonds is 4. The van der Waals surface area contributed by atoms with Crippen LogP contribution in [0.2, 0.25) is 0 Å². The number of methoxy groups -OCH3 is 1. The van der Waals surface area contributed by atoms with E-state index in [1.54, 1.807) is 7.11 Å². The van der Waals surface area contributed by atoms with Crippen molar-refractivity contribution in [2.45, 2.75) is 19.3 Å². The Balaban J connectivity index is 1.60. The minimum absolute atomic E-state index is 0.0168. The van der Waals surface area contributed by atoms with Crippen LogP contribution in [0.5, 0.6) is 5.75 Å². The van der Waals surface area contributed by atoms with Gasteiger partial charge in [-0.25, -0.2) is 0 Å². The number of benzene rings is 3. The van der Waals surface area contributed by atoms with Gasteiger partial charge >= 0.3 is 0 Å². The Morgan fingerprint density at radius 1 is 1.00 bits per heavy atom. The monoisotopic (exact) mass is 425 g/mol. The SMILES string of the molecule is COc1cccc(Nc2cc(N3CCCCC3)c3noc4c3c2C(=O)c2ccccc2-4)c1. The molecule has 6 heteroatoms. The number of ether oxygens (including phenoxy) is 1. The van der Waals surface area contributed by atoms with E-state index in [4.69, 9.17) is 9.26 Å². The Bertz CT molecular complexity index is 1350. The van der Waals surface area contributed by atoms with E-state index in [-0.39, 0.29) is 5.78 Å². The van der Waals surface area contributed by atoms with Crippen molar-refractivity contribution in [2.24, 2.45) is 0 Å². The summed E-state index contributed by atoms with van der Waals surface area (Å²) < 4.78 is 11.3. The van der Waals surface area contributed by atoms with Gasteiger partial charge in [-0.15, -0.1) is 0 Å². The number of nitrogens with zero attached hydrogens (tertiary/aromatic N) is 2. The molecule has 4 aromatic rings. The summed E-state index contributed by atoms with van der Waals surface area (Å²) in [6.07, 6.45) is 3.53. The third-order valence-electron chi connectivity index (χ3n) is 6.42. The second-order valence-electron chi connectivity index (χ2n) is 8.33. The maximum atomic E-state index is 13.7. The predicted molar refractivity (Wildman–Crippen MR) is 125 cm³/mol. The van der Waals surface area contributed by atoms with Crippen LogP contribution in [0.4, 0.5) is 17.1 Å². The fourth-order valence-corrected chi connectivity index (χ4v) is 4.87. The van der Waals surface area contributed by atoms with Crippen molar-refractivity contribution in [3.63, 3.8) is 0 Å². The normalized spacial score (nSPS) is 15.0. The zero-order valence-corrected chi connectivity index (χ0v) is 17.9. The average molecular weight is 425 g/mol. The van der Waals surface area contributed by atoms with Gasteiger partial charge in [-0.3, -0.25) is 4.79 Å². The number of nitrogens with one attached hydrogen (secondary N) is 1. The summed E-state index contributed by atoms with van der Waals surface area (Å²) in [5.74, 6) is 1.40. The van der Waals surface area contributed by atoms with E-state index in [1.165, 1.54) is 6.42 Å². The number of hydrogen-bond acceptors (Lipinski definition) is 6. The predicted octanol–water partition coefficient (Wildman–Crippen LogP) is 5.78. The summed E-state index contributed by atoms with van der Waals surface area (Å²) in [5.41, 5.74) is 5.43. The smallest absolute Gasteiger partial charge is 0.196 e. The third-order valence-corrected chi connectivity index (χ3v) is 6.42. The molecule has 6 rings (SSSR count). The fraction of sp³-hybridized carbons (Fsp3) is 0.231. The molecule has 2 heterocycles. The number of hydrogen-bond donors (Lipinski definition) is 1. The van der Waals surface area contributed by atoms with E-state index >= 15 is 0 Å². The molecule has 32 heavy (non-hydrogen) atoms. The molecule has 0 saturated carbocycles. The maximum Gasteiger partial charge on any atom is 0.196 e. The largest absolute Gasteiger partial charge is 0.497 e. The fourth-order valence-electron chi connectivity index (χ4n) is 4.87. The van der Waals surface area contributed by atoms with E-state index in [0.29, 0.717) is 16.9 Å². The number of anilines is 3. The van der Waals surface area contributed by atoms with Crippen LogP contribution in [0.25, 0.3) is 22.2 Å². The Kier molecular flexibility index (Phi) is 4.38. The Labute approximate surface area is 185 Å². The highest BCUT2D eigenvalue weighted by Gasteiger charge is 2.33. The van der Waals surface area contributed by atoms with Gasteiger partial charge in [0.25, 0.3) is 0 Å². The number of ketones is 1. The number of aromatic nitrogens is 1. The number of piperidine rings is 1. The molecule has 0 spiro atoms. The summed E-state index contributed by atoms with van der Waals surface area (Å²) in [6, 6.07) is 17.4. The second-order valence-corrected chi connectivity index (χ2v) is 8.33. The molecule has 0 amide bonds. The molecule has 6 nitrogen and oxygen atoms in total. The molecule has 1 N–H and O–H groups in total. The second kappa shape index (κ2) is 7.41. The molecular weight excluding hydrogens is 402 g/mol. The van der Waals surface area contributed by atoms with Crippen LogP contribution in [0.15, 0.2) is 59.1 Å². The van der Waals surface area contributed by atoms with Gasteiger partial charge in [0, 0.05) is 36.0 Å². The van der Waals surface area contributed by atoms with Gasteiger partial charge in [0.1, 0.15) is 11.3 Å². The Hall–Kier alpha value is -3.80. The van der Waals surface area contributed by atoms with Gasteiger partial charge in [0.05, 0.1) is 29.4 Å². The molecule has 1 fully saturated rings. The molecule has 1 aliphatic heterocycles. The molecule has 160 valence electrons. The quantitative estimate of drug-likeness (QED) is 0.394. The van der Waals surface area contributed by atoms with E-state index in [1.807, 2.05) is 48.5 Å². The van der Waals surface area contributed by atoms with E-state index in [2.05, 4.69) is 21.4 Å². The lowest BCUT2D eigenvalue weighted by atomic mass is 9.86. The highest BCUT2D eigenvalue weighted by Crippen LogP contribution is 2.46. The minimum atomic E-state index is -0.0168. The minimum Gasteiger partial charge on any atom is -0.497 e. The Morgan fingerprint density at radius 2 is 1.81 bits per heavy atom. The van der Waals surface area contributed by atoms with Crippen molar-refractivity contribution >= 4 is 33.7 Å². The van der Waals surface area contributed by atoms with Gasteiger partial charge in [0.2, 0.25) is 0 Å². The van der Waals surface area contributed by atoms with Gasteiger partial charge in [-0.05, 0) is 37.5 Å². The lowest BCUT2D eigenvalue weighted by Gasteiger charge is -2.30. The van der Waals surface area contributed by atoms with Crippen molar-refractivity contribution in [3.05, 3.63) is 65.7 Å². The van der Waals surface area contributed by atoms with Crippen LogP contribution in [0.3, 0.4) is 0 Å². The van der Waals surface area contributed by atoms with Crippen molar-refractivity contribution in [1.82, 2.24) is 5.16 Å². The number of carbonyl (C=O) groups is 1. The van der Waals surface area contributed by atoms with Crippen LogP contribution in [-0.2, 0) is 0 Å². The van der Waals surface area contributed by atoms with Crippen LogP contribution in [-0.4, -0.2) is 31.1 Å². The van der Waals surface area contributed by atoms with Crippen molar-refractivity contribution in [1.29, 1.82) is 0 Å². The molecule has 1 aliphatic carbocycles. The number of fused-ring (bicyclic) bond motifs is 2. The molecule has 0 unspecified atom stereocenters. The van der Waals surface area contributed by atoms with E-state index in [0.717, 1.165) is 65.2 Å². The van der Waals surface area contributed by atoms with Crippen molar-refractivity contribution in [2.75, 3.05) is 30.4 Å². The maximum absolute atomic E-state index is 13.7. The highest BCUT2D eigenvalue weighted by molar-refractivity contribution is 6.28. The molecule has 3 aromatic carbocycles. The summed E-state index contributed by atoms with van der Waals surface area (Å²) in [7, 11) is 1.65. The van der Waals surface area contributed by atoms with Crippen LogP contribution < -0.4 is 15.0 Å². The molecule has 1 saturated heterocycles. The van der Waals surface area contributed by atoms with Gasteiger partial charge in [0.15, 0.2) is 11.5 Å². The van der Waals surface area contributed by atoms with E-state index in [9.17, 15) is 4.79 Å². The average Bonchev–Trinajstić information content (AvgIpc) is 3.29. The standard InChI is InChI=1S/C26H23N3O3/c1-31-17-9-7-8-16(14-17)27-20-15-21(29-12-5-2-6-13-29)24-23-22(20)25(30)18-10-3-4-11-19(18)26(23)32-28-24/h3-4,7-11,14-15,27H,2,5-6,12-13H2,1H3. The van der Waals surface area contributed by atoms with Crippen molar-refractivity contribution in [3.8, 4) is 17.1 Å². The summed E-state index contributed by atoms with van der Waals surface area (Å²) >= 11 is 0. The first-order valence-electron chi connectivity index (χ1n) is 11.0. The van der Waals surface area contributed by atoms with Gasteiger partial charge in [-0.2, -0.15) is 0 Å². The van der Waals surface area contributed by atoms with Crippen LogP contribution in [0.1, 0.15) is 35.2 Å². The molecule has 0 radical (unpaired) electrons. The first-order chi connectivity index (χ1) is 15.7. The summed E-state index contributed by atoms with van der Waals surface area (Å²) in [5, 5.41) is 8.74.